The van der Waals surface area contributed by atoms with Gasteiger partial charge in [0.2, 0.25) is 15.9 Å². The third kappa shape index (κ3) is 5.00. The lowest BCUT2D eigenvalue weighted by atomic mass is 10.3. The Morgan fingerprint density at radius 1 is 1.11 bits per heavy atom. The maximum atomic E-state index is 12.9. The predicted molar refractivity (Wildman–Crippen MR) is 107 cm³/mol. The van der Waals surface area contributed by atoms with E-state index in [0.717, 1.165) is 4.31 Å². The first-order valence-electron chi connectivity index (χ1n) is 8.55. The molecule has 0 aliphatic rings. The molecule has 2 aromatic rings. The molecule has 0 atom stereocenters. The van der Waals surface area contributed by atoms with Gasteiger partial charge in [0.15, 0.2) is 0 Å². The van der Waals surface area contributed by atoms with Crippen molar-refractivity contribution in [2.24, 2.45) is 0 Å². The second kappa shape index (κ2) is 9.21. The Balaban J connectivity index is 2.22. The number of nitrogens with zero attached hydrogens (tertiary/aromatic N) is 2. The number of rotatable bonds is 8. The zero-order valence-electron chi connectivity index (χ0n) is 15.6. The minimum absolute atomic E-state index is 0.0213. The lowest BCUT2D eigenvalue weighted by Gasteiger charge is -2.24. The summed E-state index contributed by atoms with van der Waals surface area (Å²) in [4.78, 5) is 14.0. The van der Waals surface area contributed by atoms with Crippen LogP contribution in [0.5, 0.6) is 5.75 Å². The fraction of sp³-hybridized carbons (Fsp3) is 0.316. The summed E-state index contributed by atoms with van der Waals surface area (Å²) in [6.45, 7) is 3.81. The maximum absolute atomic E-state index is 12.9. The molecule has 0 unspecified atom stereocenters. The van der Waals surface area contributed by atoms with E-state index in [1.807, 2.05) is 25.1 Å². The molecule has 0 aliphatic heterocycles. The summed E-state index contributed by atoms with van der Waals surface area (Å²) in [7, 11) is -2.25. The van der Waals surface area contributed by atoms with E-state index in [1.54, 1.807) is 26.1 Å². The van der Waals surface area contributed by atoms with Crippen molar-refractivity contribution in [3.05, 3.63) is 53.6 Å². The molecule has 8 heteroatoms. The predicted octanol–water partition coefficient (Wildman–Crippen LogP) is 3.41. The molecule has 0 fully saturated rings. The number of carbonyl (C=O) groups excluding carboxylic acids is 1. The van der Waals surface area contributed by atoms with Gasteiger partial charge in [-0.2, -0.15) is 4.31 Å². The van der Waals surface area contributed by atoms with Crippen molar-refractivity contribution in [1.82, 2.24) is 4.31 Å². The highest BCUT2D eigenvalue weighted by Crippen LogP contribution is 2.28. The van der Waals surface area contributed by atoms with Gasteiger partial charge in [0.05, 0.1) is 23.1 Å². The van der Waals surface area contributed by atoms with Crippen LogP contribution in [0.2, 0.25) is 5.02 Å². The second-order valence-corrected chi connectivity index (χ2v) is 8.09. The van der Waals surface area contributed by atoms with Crippen LogP contribution in [0.15, 0.2) is 53.4 Å². The van der Waals surface area contributed by atoms with E-state index in [9.17, 15) is 13.2 Å². The van der Waals surface area contributed by atoms with Crippen LogP contribution in [-0.4, -0.2) is 45.4 Å². The fourth-order valence-corrected chi connectivity index (χ4v) is 4.21. The lowest BCUT2D eigenvalue weighted by molar-refractivity contribution is -0.118. The van der Waals surface area contributed by atoms with E-state index in [2.05, 4.69) is 0 Å². The molecule has 2 aromatic carbocycles. The molecule has 0 N–H and O–H groups in total. The first-order chi connectivity index (χ1) is 12.8. The normalized spacial score (nSPS) is 11.4. The van der Waals surface area contributed by atoms with Crippen LogP contribution >= 0.6 is 11.6 Å². The molecule has 0 radical (unpaired) electrons. The van der Waals surface area contributed by atoms with Crippen LogP contribution in [0.1, 0.15) is 13.8 Å². The summed E-state index contributed by atoms with van der Waals surface area (Å²) >= 11 is 6.12. The van der Waals surface area contributed by atoms with Crippen LogP contribution in [0, 0.1) is 0 Å². The minimum atomic E-state index is -3.87. The van der Waals surface area contributed by atoms with E-state index in [4.69, 9.17) is 16.3 Å². The quantitative estimate of drug-likeness (QED) is 0.668. The topological polar surface area (TPSA) is 66.9 Å². The number of carbonyl (C=O) groups is 1. The molecule has 0 spiro atoms. The summed E-state index contributed by atoms with van der Waals surface area (Å²) in [6, 6.07) is 13.3. The highest BCUT2D eigenvalue weighted by atomic mass is 35.5. The average molecular weight is 411 g/mol. The van der Waals surface area contributed by atoms with Crippen molar-refractivity contribution in [2.75, 3.05) is 31.6 Å². The summed E-state index contributed by atoms with van der Waals surface area (Å²) < 4.78 is 32.3. The van der Waals surface area contributed by atoms with E-state index in [-0.39, 0.29) is 28.9 Å². The maximum Gasteiger partial charge on any atom is 0.243 e. The monoisotopic (exact) mass is 410 g/mol. The van der Waals surface area contributed by atoms with Crippen LogP contribution in [0.25, 0.3) is 0 Å². The third-order valence-corrected chi connectivity index (χ3v) is 6.24. The molecule has 146 valence electrons. The fourth-order valence-electron chi connectivity index (χ4n) is 2.48. The molecule has 0 heterocycles. The van der Waals surface area contributed by atoms with Crippen molar-refractivity contribution < 1.29 is 17.9 Å². The second-order valence-electron chi connectivity index (χ2n) is 5.74. The number of ether oxygens (including phenoxy) is 1. The summed E-state index contributed by atoms with van der Waals surface area (Å²) in [5.41, 5.74) is 0.695. The Kier molecular flexibility index (Phi) is 7.24. The number of para-hydroxylation sites is 1. The number of halogens is 1. The van der Waals surface area contributed by atoms with E-state index in [1.165, 1.54) is 23.1 Å². The van der Waals surface area contributed by atoms with Gasteiger partial charge < -0.3 is 9.64 Å². The molecule has 27 heavy (non-hydrogen) atoms. The average Bonchev–Trinajstić information content (AvgIpc) is 2.67. The summed E-state index contributed by atoms with van der Waals surface area (Å²) in [5, 5.41) is 0.210. The third-order valence-electron chi connectivity index (χ3n) is 4.02. The summed E-state index contributed by atoms with van der Waals surface area (Å²) in [6.07, 6.45) is 0. The number of hydrogen-bond donors (Lipinski definition) is 0. The van der Waals surface area contributed by atoms with Crippen LogP contribution < -0.4 is 9.64 Å². The molecule has 0 aromatic heterocycles. The first-order valence-corrected chi connectivity index (χ1v) is 10.4. The van der Waals surface area contributed by atoms with E-state index in [0.29, 0.717) is 18.0 Å². The highest BCUT2D eigenvalue weighted by molar-refractivity contribution is 7.89. The van der Waals surface area contributed by atoms with Gasteiger partial charge >= 0.3 is 0 Å². The molecule has 0 saturated heterocycles. The Hall–Kier alpha value is -2.09. The van der Waals surface area contributed by atoms with Gasteiger partial charge in [0.1, 0.15) is 5.75 Å². The number of likely N-dealkylation sites (N-methyl/N-ethyl adjacent to an activating group) is 2. The minimum Gasteiger partial charge on any atom is -0.492 e. The van der Waals surface area contributed by atoms with Crippen molar-refractivity contribution in [1.29, 1.82) is 0 Å². The molecular formula is C19H23ClN2O4S. The molecular weight excluding hydrogens is 388 g/mol. The van der Waals surface area contributed by atoms with Crippen LogP contribution in [0.4, 0.5) is 5.69 Å². The summed E-state index contributed by atoms with van der Waals surface area (Å²) in [5.74, 6) is 0.0877. The van der Waals surface area contributed by atoms with Gasteiger partial charge in [0, 0.05) is 19.3 Å². The zero-order chi connectivity index (χ0) is 20.0. The van der Waals surface area contributed by atoms with Gasteiger partial charge in [0.25, 0.3) is 0 Å². The van der Waals surface area contributed by atoms with Gasteiger partial charge in [-0.05, 0) is 37.3 Å². The number of hydrogen-bond acceptors (Lipinski definition) is 4. The van der Waals surface area contributed by atoms with Gasteiger partial charge in [-0.1, -0.05) is 36.7 Å². The van der Waals surface area contributed by atoms with Gasteiger partial charge in [-0.25, -0.2) is 8.42 Å². The Labute approximate surface area is 165 Å². The van der Waals surface area contributed by atoms with Crippen molar-refractivity contribution in [3.63, 3.8) is 0 Å². The number of anilines is 1. The number of sulfonamides is 1. The van der Waals surface area contributed by atoms with Crippen molar-refractivity contribution in [3.8, 4) is 5.75 Å². The smallest absolute Gasteiger partial charge is 0.243 e. The van der Waals surface area contributed by atoms with E-state index < -0.39 is 10.0 Å². The van der Waals surface area contributed by atoms with Crippen LogP contribution in [-0.2, 0) is 14.8 Å². The SMILES string of the molecule is CCOc1ccc(S(=O)(=O)N(CC)CC(=O)N(C)c2ccccc2)cc1Cl. The Morgan fingerprint density at radius 2 is 1.78 bits per heavy atom. The van der Waals surface area contributed by atoms with Gasteiger partial charge in [-0.15, -0.1) is 0 Å². The largest absolute Gasteiger partial charge is 0.492 e. The standard InChI is InChI=1S/C19H23ClN2O4S/c1-4-22(14-19(23)21(3)15-9-7-6-8-10-15)27(24,25)16-11-12-18(26-5-2)17(20)13-16/h6-13H,4-5,14H2,1-3H3. The Morgan fingerprint density at radius 3 is 2.33 bits per heavy atom. The lowest BCUT2D eigenvalue weighted by Crippen LogP contribution is -2.41. The molecule has 6 nitrogen and oxygen atoms in total. The molecule has 2 rings (SSSR count). The number of benzene rings is 2. The highest BCUT2D eigenvalue weighted by Gasteiger charge is 2.27. The molecule has 0 bridgehead atoms. The molecule has 0 saturated carbocycles. The zero-order valence-corrected chi connectivity index (χ0v) is 17.1. The van der Waals surface area contributed by atoms with Crippen LogP contribution in [0.3, 0.4) is 0 Å². The van der Waals surface area contributed by atoms with Crippen molar-refractivity contribution >= 4 is 33.2 Å². The Bertz CT molecular complexity index is 888. The first kappa shape index (κ1) is 21.2. The molecule has 1 amide bonds. The molecule has 0 aliphatic carbocycles. The number of amides is 1. The van der Waals surface area contributed by atoms with Crippen molar-refractivity contribution in [2.45, 2.75) is 18.7 Å². The van der Waals surface area contributed by atoms with Gasteiger partial charge in [-0.3, -0.25) is 4.79 Å². The van der Waals surface area contributed by atoms with E-state index >= 15 is 0 Å².